The molecule has 3 rings (SSSR count). The summed E-state index contributed by atoms with van der Waals surface area (Å²) in [5.74, 6) is -0.0540. The SMILES string of the molecule is CNC(=O)c1cc(S(=O)(=O)N2CCN(c3cccc(C)c3C)CC2)ccc1OC. The van der Waals surface area contributed by atoms with Gasteiger partial charge < -0.3 is 15.0 Å². The number of ether oxygens (including phenoxy) is 1. The summed E-state index contributed by atoms with van der Waals surface area (Å²) in [5, 5.41) is 2.51. The number of rotatable bonds is 5. The smallest absolute Gasteiger partial charge is 0.254 e. The average Bonchev–Trinajstić information content (AvgIpc) is 2.74. The predicted molar refractivity (Wildman–Crippen MR) is 113 cm³/mol. The molecule has 1 aliphatic heterocycles. The lowest BCUT2D eigenvalue weighted by Gasteiger charge is -2.36. The van der Waals surface area contributed by atoms with E-state index in [0.29, 0.717) is 31.9 Å². The molecular formula is C21H27N3O4S. The molecule has 0 spiro atoms. The molecule has 2 aromatic rings. The highest BCUT2D eigenvalue weighted by Gasteiger charge is 2.30. The Balaban J connectivity index is 1.81. The number of sulfonamides is 1. The van der Waals surface area contributed by atoms with Crippen LogP contribution < -0.4 is 15.0 Å². The van der Waals surface area contributed by atoms with E-state index in [-0.39, 0.29) is 10.5 Å². The van der Waals surface area contributed by atoms with Crippen LogP contribution in [-0.2, 0) is 10.0 Å². The largest absolute Gasteiger partial charge is 0.496 e. The second-order valence-corrected chi connectivity index (χ2v) is 8.99. The molecule has 0 atom stereocenters. The minimum Gasteiger partial charge on any atom is -0.496 e. The fourth-order valence-corrected chi connectivity index (χ4v) is 5.01. The monoisotopic (exact) mass is 417 g/mol. The van der Waals surface area contributed by atoms with E-state index in [1.165, 1.54) is 47.8 Å². The molecule has 0 saturated carbocycles. The molecule has 1 heterocycles. The number of hydrogen-bond donors (Lipinski definition) is 1. The molecule has 0 radical (unpaired) electrons. The maximum absolute atomic E-state index is 13.1. The Morgan fingerprint density at radius 3 is 2.38 bits per heavy atom. The molecule has 1 amide bonds. The third kappa shape index (κ3) is 4.09. The molecule has 1 aliphatic rings. The maximum atomic E-state index is 13.1. The molecular weight excluding hydrogens is 390 g/mol. The number of anilines is 1. The molecule has 2 aromatic carbocycles. The van der Waals surface area contributed by atoms with Crippen LogP contribution in [0, 0.1) is 13.8 Å². The summed E-state index contributed by atoms with van der Waals surface area (Å²) in [6, 6.07) is 10.6. The molecule has 0 aromatic heterocycles. The molecule has 0 bridgehead atoms. The quantitative estimate of drug-likeness (QED) is 0.807. The van der Waals surface area contributed by atoms with Crippen LogP contribution in [0.25, 0.3) is 0 Å². The first kappa shape index (κ1) is 21.1. The van der Waals surface area contributed by atoms with Gasteiger partial charge in [-0.1, -0.05) is 12.1 Å². The Labute approximate surface area is 172 Å². The van der Waals surface area contributed by atoms with E-state index >= 15 is 0 Å². The van der Waals surface area contributed by atoms with Gasteiger partial charge in [0.25, 0.3) is 5.91 Å². The fraction of sp³-hybridized carbons (Fsp3) is 0.381. The van der Waals surface area contributed by atoms with Crippen LogP contribution in [0.1, 0.15) is 21.5 Å². The highest BCUT2D eigenvalue weighted by molar-refractivity contribution is 7.89. The summed E-state index contributed by atoms with van der Waals surface area (Å²) in [7, 11) is -0.762. The van der Waals surface area contributed by atoms with Crippen molar-refractivity contribution < 1.29 is 17.9 Å². The lowest BCUT2D eigenvalue weighted by Crippen LogP contribution is -2.48. The standard InChI is InChI=1S/C21H27N3O4S/c1-15-6-5-7-19(16(15)2)23-10-12-24(13-11-23)29(26,27)17-8-9-20(28-4)18(14-17)21(25)22-3/h5-9,14H,10-13H2,1-4H3,(H,22,25). The second kappa shape index (κ2) is 8.42. The number of nitrogens with zero attached hydrogens (tertiary/aromatic N) is 2. The highest BCUT2D eigenvalue weighted by Crippen LogP contribution is 2.27. The Bertz CT molecular complexity index is 1010. The predicted octanol–water partition coefficient (Wildman–Crippen LogP) is 2.18. The highest BCUT2D eigenvalue weighted by atomic mass is 32.2. The minimum absolute atomic E-state index is 0.0945. The minimum atomic E-state index is -3.70. The normalized spacial score (nSPS) is 15.2. The van der Waals surface area contributed by atoms with Gasteiger partial charge in [0.05, 0.1) is 17.6 Å². The van der Waals surface area contributed by atoms with Gasteiger partial charge in [-0.15, -0.1) is 0 Å². The lowest BCUT2D eigenvalue weighted by atomic mass is 10.1. The van der Waals surface area contributed by atoms with Gasteiger partial charge >= 0.3 is 0 Å². The van der Waals surface area contributed by atoms with Gasteiger partial charge in [-0.2, -0.15) is 4.31 Å². The Kier molecular flexibility index (Phi) is 6.14. The van der Waals surface area contributed by atoms with Gasteiger partial charge in [0.1, 0.15) is 5.75 Å². The number of carbonyl (C=O) groups is 1. The van der Waals surface area contributed by atoms with E-state index in [1.54, 1.807) is 0 Å². The van der Waals surface area contributed by atoms with Gasteiger partial charge in [0.15, 0.2) is 0 Å². The van der Waals surface area contributed by atoms with Gasteiger partial charge in [0.2, 0.25) is 10.0 Å². The van der Waals surface area contributed by atoms with Crippen molar-refractivity contribution >= 4 is 21.6 Å². The molecule has 156 valence electrons. The van der Waals surface area contributed by atoms with E-state index in [2.05, 4.69) is 36.2 Å². The summed E-state index contributed by atoms with van der Waals surface area (Å²) >= 11 is 0. The van der Waals surface area contributed by atoms with Crippen LogP contribution >= 0.6 is 0 Å². The van der Waals surface area contributed by atoms with E-state index in [1.807, 2.05) is 6.07 Å². The summed E-state index contributed by atoms with van der Waals surface area (Å²) in [4.78, 5) is 14.4. The van der Waals surface area contributed by atoms with Crippen LogP contribution in [0.15, 0.2) is 41.3 Å². The second-order valence-electron chi connectivity index (χ2n) is 7.05. The third-order valence-electron chi connectivity index (χ3n) is 5.44. The van der Waals surface area contributed by atoms with Crippen molar-refractivity contribution in [1.82, 2.24) is 9.62 Å². The average molecular weight is 418 g/mol. The molecule has 29 heavy (non-hydrogen) atoms. The summed E-state index contributed by atoms with van der Waals surface area (Å²) in [6.45, 7) is 6.16. The Hall–Kier alpha value is -2.58. The number of methoxy groups -OCH3 is 1. The maximum Gasteiger partial charge on any atom is 0.254 e. The Morgan fingerprint density at radius 2 is 1.76 bits per heavy atom. The van der Waals surface area contributed by atoms with Crippen molar-refractivity contribution in [2.45, 2.75) is 18.7 Å². The van der Waals surface area contributed by atoms with E-state index in [4.69, 9.17) is 4.74 Å². The van der Waals surface area contributed by atoms with Crippen molar-refractivity contribution in [3.8, 4) is 5.75 Å². The van der Waals surface area contributed by atoms with Crippen molar-refractivity contribution in [3.63, 3.8) is 0 Å². The third-order valence-corrected chi connectivity index (χ3v) is 7.33. The number of piperazine rings is 1. The first-order valence-corrected chi connectivity index (χ1v) is 10.9. The van der Waals surface area contributed by atoms with Crippen molar-refractivity contribution in [2.24, 2.45) is 0 Å². The van der Waals surface area contributed by atoms with Gasteiger partial charge in [0, 0.05) is 38.9 Å². The van der Waals surface area contributed by atoms with Crippen LogP contribution in [-0.4, -0.2) is 59.0 Å². The number of carbonyl (C=O) groups excluding carboxylic acids is 1. The van der Waals surface area contributed by atoms with Crippen LogP contribution in [0.3, 0.4) is 0 Å². The topological polar surface area (TPSA) is 79.0 Å². The molecule has 1 saturated heterocycles. The molecule has 0 unspecified atom stereocenters. The number of nitrogens with one attached hydrogen (secondary N) is 1. The first-order valence-electron chi connectivity index (χ1n) is 9.51. The van der Waals surface area contributed by atoms with Crippen molar-refractivity contribution in [1.29, 1.82) is 0 Å². The summed E-state index contributed by atoms with van der Waals surface area (Å²) in [6.07, 6.45) is 0. The van der Waals surface area contributed by atoms with Gasteiger partial charge in [-0.3, -0.25) is 4.79 Å². The zero-order valence-corrected chi connectivity index (χ0v) is 18.0. The van der Waals surface area contributed by atoms with Crippen LogP contribution in [0.2, 0.25) is 0 Å². The van der Waals surface area contributed by atoms with Gasteiger partial charge in [-0.05, 0) is 49.2 Å². The van der Waals surface area contributed by atoms with Crippen molar-refractivity contribution in [3.05, 3.63) is 53.1 Å². The molecule has 0 aliphatic carbocycles. The zero-order valence-electron chi connectivity index (χ0n) is 17.2. The molecule has 7 nitrogen and oxygen atoms in total. The van der Waals surface area contributed by atoms with E-state index in [0.717, 1.165) is 5.69 Å². The lowest BCUT2D eigenvalue weighted by molar-refractivity contribution is 0.0960. The summed E-state index contributed by atoms with van der Waals surface area (Å²) in [5.41, 5.74) is 3.78. The first-order chi connectivity index (χ1) is 13.8. The molecule has 8 heteroatoms. The van der Waals surface area contributed by atoms with Crippen LogP contribution in [0.4, 0.5) is 5.69 Å². The molecule has 1 N–H and O–H groups in total. The fourth-order valence-electron chi connectivity index (χ4n) is 3.56. The zero-order chi connectivity index (χ0) is 21.2. The summed E-state index contributed by atoms with van der Waals surface area (Å²) < 4.78 is 33.0. The Morgan fingerprint density at radius 1 is 1.07 bits per heavy atom. The van der Waals surface area contributed by atoms with E-state index in [9.17, 15) is 13.2 Å². The number of amides is 1. The number of benzene rings is 2. The van der Waals surface area contributed by atoms with Gasteiger partial charge in [-0.25, -0.2) is 8.42 Å². The van der Waals surface area contributed by atoms with Crippen LogP contribution in [0.5, 0.6) is 5.75 Å². The van der Waals surface area contributed by atoms with E-state index < -0.39 is 15.9 Å². The molecule has 1 fully saturated rings. The number of aryl methyl sites for hydroxylation is 1. The number of hydrogen-bond acceptors (Lipinski definition) is 5. The van der Waals surface area contributed by atoms with Crippen molar-refractivity contribution in [2.75, 3.05) is 45.2 Å².